The van der Waals surface area contributed by atoms with Crippen LogP contribution in [0, 0.1) is 5.92 Å². The Bertz CT molecular complexity index is 642. The summed E-state index contributed by atoms with van der Waals surface area (Å²) in [6.07, 6.45) is -0.794. The molecule has 1 aromatic rings. The number of alkyl halides is 2. The molecule has 3 rings (SSSR count). The predicted molar refractivity (Wildman–Crippen MR) is 74.3 cm³/mol. The zero-order valence-electron chi connectivity index (χ0n) is 12.2. The minimum absolute atomic E-state index is 0.214. The number of hydrogen-bond donors (Lipinski definition) is 2. The number of nitrogens with zero attached hydrogens (tertiary/aromatic N) is 1. The lowest BCUT2D eigenvalue weighted by Gasteiger charge is -2.36. The van der Waals surface area contributed by atoms with Gasteiger partial charge in [0.05, 0.1) is 6.54 Å². The first-order valence-corrected chi connectivity index (χ1v) is 7.26. The maximum atomic E-state index is 12.9. The van der Waals surface area contributed by atoms with Crippen molar-refractivity contribution >= 4 is 11.8 Å². The number of nitrogens with one attached hydrogen (secondary N) is 1. The van der Waals surface area contributed by atoms with Crippen molar-refractivity contribution in [2.45, 2.75) is 25.3 Å². The van der Waals surface area contributed by atoms with Gasteiger partial charge in [0.1, 0.15) is 12.4 Å². The number of carbonyl (C=O) groups is 2. The van der Waals surface area contributed by atoms with Crippen molar-refractivity contribution in [3.05, 3.63) is 29.3 Å². The first-order valence-electron chi connectivity index (χ1n) is 7.26. The third-order valence-electron chi connectivity index (χ3n) is 4.16. The molecule has 1 aliphatic carbocycles. The van der Waals surface area contributed by atoms with E-state index in [1.54, 1.807) is 6.07 Å². The molecule has 0 aromatic heterocycles. The molecule has 1 fully saturated rings. The third-order valence-corrected chi connectivity index (χ3v) is 4.16. The molecule has 23 heavy (non-hydrogen) atoms. The number of amides is 2. The summed E-state index contributed by atoms with van der Waals surface area (Å²) in [5.41, 5.74) is 2.46. The van der Waals surface area contributed by atoms with E-state index in [0.717, 1.165) is 0 Å². The van der Waals surface area contributed by atoms with Gasteiger partial charge in [0.15, 0.2) is 0 Å². The van der Waals surface area contributed by atoms with Crippen LogP contribution in [0.2, 0.25) is 0 Å². The lowest BCUT2D eigenvalue weighted by molar-refractivity contribution is -0.160. The summed E-state index contributed by atoms with van der Waals surface area (Å²) in [7, 11) is 0. The molecule has 0 unspecified atom stereocenters. The van der Waals surface area contributed by atoms with Crippen LogP contribution < -0.4 is 10.2 Å². The zero-order valence-corrected chi connectivity index (χ0v) is 12.2. The third kappa shape index (κ3) is 3.12. The Hall–Kier alpha value is -2.22. The second-order valence-corrected chi connectivity index (χ2v) is 5.83. The van der Waals surface area contributed by atoms with Crippen molar-refractivity contribution < 1.29 is 28.3 Å². The van der Waals surface area contributed by atoms with Crippen molar-refractivity contribution in [3.63, 3.8) is 0 Å². The topological polar surface area (TPSA) is 78.9 Å². The van der Waals surface area contributed by atoms with Gasteiger partial charge in [-0.25, -0.2) is 14.3 Å². The van der Waals surface area contributed by atoms with Gasteiger partial charge in [-0.1, -0.05) is 6.07 Å². The fourth-order valence-corrected chi connectivity index (χ4v) is 2.86. The van der Waals surface area contributed by atoms with Gasteiger partial charge >= 0.3 is 0 Å². The number of hydrogen-bond acceptors (Lipinski definition) is 4. The number of carbonyl (C=O) groups excluding carboxylic acids is 2. The molecule has 124 valence electrons. The standard InChI is InChI=1S/C15H16F2N2O4/c16-15(17)6-11(7-15)14(21)19-3-4-23-12-5-9(13(20)18-22)1-2-10(12)8-19/h1-2,5,11,22H,3-4,6-8H2,(H,18,20). The summed E-state index contributed by atoms with van der Waals surface area (Å²) in [4.78, 5) is 25.2. The van der Waals surface area contributed by atoms with Crippen molar-refractivity contribution in [1.29, 1.82) is 0 Å². The largest absolute Gasteiger partial charge is 0.491 e. The van der Waals surface area contributed by atoms with Crippen molar-refractivity contribution in [3.8, 4) is 5.75 Å². The molecule has 2 amide bonds. The second-order valence-electron chi connectivity index (χ2n) is 5.83. The smallest absolute Gasteiger partial charge is 0.274 e. The molecule has 1 heterocycles. The lowest BCUT2D eigenvalue weighted by atomic mass is 9.80. The number of benzene rings is 1. The quantitative estimate of drug-likeness (QED) is 0.639. The number of ether oxygens (including phenoxy) is 1. The van der Waals surface area contributed by atoms with Gasteiger partial charge in [-0.15, -0.1) is 0 Å². The van der Waals surface area contributed by atoms with Gasteiger partial charge in [-0.2, -0.15) is 0 Å². The van der Waals surface area contributed by atoms with E-state index in [-0.39, 0.29) is 24.6 Å². The number of halogens is 2. The first kappa shape index (κ1) is 15.7. The fraction of sp³-hybridized carbons (Fsp3) is 0.467. The Morgan fingerprint density at radius 3 is 2.74 bits per heavy atom. The second kappa shape index (κ2) is 5.77. The molecule has 1 aromatic carbocycles. The molecule has 6 nitrogen and oxygen atoms in total. The number of rotatable bonds is 2. The van der Waals surface area contributed by atoms with E-state index in [1.807, 2.05) is 0 Å². The number of fused-ring (bicyclic) bond motifs is 1. The van der Waals surface area contributed by atoms with Gasteiger partial charge in [-0.3, -0.25) is 14.8 Å². The molecule has 1 saturated carbocycles. The monoisotopic (exact) mass is 326 g/mol. The Morgan fingerprint density at radius 2 is 2.09 bits per heavy atom. The SMILES string of the molecule is O=C(NO)c1ccc2c(c1)OCCN(C(=O)C1CC(F)(F)C1)C2. The summed E-state index contributed by atoms with van der Waals surface area (Å²) < 4.78 is 31.4. The van der Waals surface area contributed by atoms with Crippen LogP contribution in [0.3, 0.4) is 0 Å². The van der Waals surface area contributed by atoms with Crippen LogP contribution >= 0.6 is 0 Å². The van der Waals surface area contributed by atoms with Crippen LogP contribution in [0.15, 0.2) is 18.2 Å². The van der Waals surface area contributed by atoms with Crippen molar-refractivity contribution in [2.75, 3.05) is 13.2 Å². The zero-order chi connectivity index (χ0) is 16.6. The lowest BCUT2D eigenvalue weighted by Crippen LogP contribution is -2.47. The van der Waals surface area contributed by atoms with E-state index in [9.17, 15) is 18.4 Å². The van der Waals surface area contributed by atoms with Crippen LogP contribution in [0.1, 0.15) is 28.8 Å². The minimum Gasteiger partial charge on any atom is -0.491 e. The van der Waals surface area contributed by atoms with E-state index in [0.29, 0.717) is 17.9 Å². The summed E-state index contributed by atoms with van der Waals surface area (Å²) in [5, 5.41) is 8.65. The molecule has 8 heteroatoms. The van der Waals surface area contributed by atoms with E-state index >= 15 is 0 Å². The van der Waals surface area contributed by atoms with Gasteiger partial charge in [0, 0.05) is 36.4 Å². The Kier molecular flexibility index (Phi) is 3.93. The maximum absolute atomic E-state index is 12.9. The van der Waals surface area contributed by atoms with Crippen LogP contribution in [-0.4, -0.2) is 41.0 Å². The van der Waals surface area contributed by atoms with Crippen LogP contribution in [-0.2, 0) is 11.3 Å². The van der Waals surface area contributed by atoms with E-state index in [4.69, 9.17) is 9.94 Å². The average molecular weight is 326 g/mol. The van der Waals surface area contributed by atoms with Crippen LogP contribution in [0.4, 0.5) is 8.78 Å². The highest BCUT2D eigenvalue weighted by molar-refractivity contribution is 5.93. The molecule has 2 aliphatic rings. The fourth-order valence-electron chi connectivity index (χ4n) is 2.86. The van der Waals surface area contributed by atoms with Gasteiger partial charge in [0.25, 0.3) is 5.91 Å². The highest BCUT2D eigenvalue weighted by Gasteiger charge is 2.49. The van der Waals surface area contributed by atoms with E-state index in [2.05, 4.69) is 0 Å². The molecule has 0 atom stereocenters. The highest BCUT2D eigenvalue weighted by Crippen LogP contribution is 2.43. The summed E-state index contributed by atoms with van der Waals surface area (Å²) in [6, 6.07) is 4.60. The predicted octanol–water partition coefficient (Wildman–Crippen LogP) is 1.57. The average Bonchev–Trinajstić information content (AvgIpc) is 2.72. The molecule has 0 bridgehead atoms. The van der Waals surface area contributed by atoms with Crippen molar-refractivity contribution in [1.82, 2.24) is 10.4 Å². The van der Waals surface area contributed by atoms with Crippen molar-refractivity contribution in [2.24, 2.45) is 5.92 Å². The molecule has 2 N–H and O–H groups in total. The Labute approximate surface area is 131 Å². The summed E-state index contributed by atoms with van der Waals surface area (Å²) >= 11 is 0. The highest BCUT2D eigenvalue weighted by atomic mass is 19.3. The normalized spacial score (nSPS) is 19.9. The Morgan fingerprint density at radius 1 is 1.35 bits per heavy atom. The Balaban J connectivity index is 1.74. The molecule has 0 saturated heterocycles. The van der Waals surface area contributed by atoms with E-state index in [1.165, 1.54) is 22.5 Å². The van der Waals surface area contributed by atoms with Gasteiger partial charge < -0.3 is 9.64 Å². The first-order chi connectivity index (χ1) is 10.9. The number of hydroxylamine groups is 1. The van der Waals surface area contributed by atoms with Gasteiger partial charge in [0.2, 0.25) is 11.8 Å². The molecule has 0 radical (unpaired) electrons. The minimum atomic E-state index is -2.73. The van der Waals surface area contributed by atoms with Gasteiger partial charge in [-0.05, 0) is 12.1 Å². The summed E-state index contributed by atoms with van der Waals surface area (Å²) in [6.45, 7) is 0.764. The maximum Gasteiger partial charge on any atom is 0.274 e. The summed E-state index contributed by atoms with van der Waals surface area (Å²) in [5.74, 6) is -3.87. The van der Waals surface area contributed by atoms with Crippen LogP contribution in [0.25, 0.3) is 0 Å². The molecular formula is C15H16F2N2O4. The van der Waals surface area contributed by atoms with E-state index < -0.39 is 30.6 Å². The molecular weight excluding hydrogens is 310 g/mol. The molecule has 1 aliphatic heterocycles. The van der Waals surface area contributed by atoms with Crippen LogP contribution in [0.5, 0.6) is 5.75 Å². The molecule has 0 spiro atoms.